The first kappa shape index (κ1) is 25.3. The predicted molar refractivity (Wildman–Crippen MR) is 127 cm³/mol. The van der Waals surface area contributed by atoms with E-state index in [1.807, 2.05) is 13.8 Å². The SMILES string of the molecule is CC(C)COC(=O)CNP(=O)(OC[C@@H]1CC[C@H](n2ccc(N)nc2=O)S1)Oc1ccccc1. The number of carbonyl (C=O) groups excluding carboxylic acids is 1. The lowest BCUT2D eigenvalue weighted by atomic mass is 10.2. The molecule has 3 rings (SSSR count). The van der Waals surface area contributed by atoms with Crippen LogP contribution in [0.15, 0.2) is 47.4 Å². The smallest absolute Gasteiger partial charge is 0.459 e. The number of benzene rings is 1. The highest BCUT2D eigenvalue weighted by Gasteiger charge is 2.33. The number of ether oxygens (including phenoxy) is 1. The summed E-state index contributed by atoms with van der Waals surface area (Å²) in [7, 11) is -3.86. The third-order valence-corrected chi connectivity index (χ3v) is 7.66. The summed E-state index contributed by atoms with van der Waals surface area (Å²) < 4.78 is 31.3. The first-order valence-electron chi connectivity index (χ1n) is 10.6. The Bertz CT molecular complexity index is 1030. The number of carbonyl (C=O) groups is 1. The van der Waals surface area contributed by atoms with E-state index >= 15 is 0 Å². The fraction of sp³-hybridized carbons (Fsp3) is 0.476. The van der Waals surface area contributed by atoms with Crippen LogP contribution in [0, 0.1) is 5.92 Å². The Labute approximate surface area is 196 Å². The minimum absolute atomic E-state index is 0.0261. The summed E-state index contributed by atoms with van der Waals surface area (Å²) in [4.78, 5) is 27.9. The molecule has 1 aliphatic heterocycles. The molecule has 1 saturated heterocycles. The minimum Gasteiger partial charge on any atom is -0.464 e. The summed E-state index contributed by atoms with van der Waals surface area (Å²) >= 11 is 1.53. The first-order valence-corrected chi connectivity index (χ1v) is 13.1. The van der Waals surface area contributed by atoms with Gasteiger partial charge in [0.1, 0.15) is 18.1 Å². The molecule has 3 atom stereocenters. The zero-order valence-corrected chi connectivity index (χ0v) is 20.3. The van der Waals surface area contributed by atoms with E-state index in [0.717, 1.165) is 12.8 Å². The van der Waals surface area contributed by atoms with Crippen molar-refractivity contribution in [1.29, 1.82) is 0 Å². The Hall–Kier alpha value is -2.33. The second kappa shape index (κ2) is 11.7. The standard InChI is InChI=1S/C21H29N4O6PS/c1-15(2)13-29-20(26)12-23-32(28,31-16-6-4-3-5-7-16)30-14-17-8-9-19(33-17)25-11-10-18(22)24-21(25)27/h3-7,10-11,15,17,19H,8-9,12-14H2,1-2H3,(H,23,28)(H2,22,24,27)/t17-,19+,32?/m0/s1. The number of anilines is 1. The van der Waals surface area contributed by atoms with Crippen molar-refractivity contribution in [3.63, 3.8) is 0 Å². The molecule has 0 saturated carbocycles. The van der Waals surface area contributed by atoms with Gasteiger partial charge in [-0.05, 0) is 37.0 Å². The molecule has 0 spiro atoms. The molecule has 12 heteroatoms. The van der Waals surface area contributed by atoms with E-state index in [4.69, 9.17) is 19.5 Å². The lowest BCUT2D eigenvalue weighted by Crippen LogP contribution is -2.27. The number of thioether (sulfide) groups is 1. The van der Waals surface area contributed by atoms with Crippen molar-refractivity contribution in [2.24, 2.45) is 5.92 Å². The lowest BCUT2D eigenvalue weighted by molar-refractivity contribution is -0.143. The van der Waals surface area contributed by atoms with Gasteiger partial charge >= 0.3 is 19.4 Å². The summed E-state index contributed by atoms with van der Waals surface area (Å²) in [5.74, 6) is 0.167. The number of nitrogens with zero attached hydrogens (tertiary/aromatic N) is 2. The summed E-state index contributed by atoms with van der Waals surface area (Å²) in [6, 6.07) is 10.2. The van der Waals surface area contributed by atoms with Gasteiger partial charge < -0.3 is 15.0 Å². The van der Waals surface area contributed by atoms with Crippen LogP contribution in [0.4, 0.5) is 5.82 Å². The summed E-state index contributed by atoms with van der Waals surface area (Å²) in [6.07, 6.45) is 3.09. The lowest BCUT2D eigenvalue weighted by Gasteiger charge is -2.21. The number of nitrogen functional groups attached to an aromatic ring is 1. The Morgan fingerprint density at radius 3 is 2.76 bits per heavy atom. The van der Waals surface area contributed by atoms with E-state index in [0.29, 0.717) is 5.75 Å². The van der Waals surface area contributed by atoms with Crippen molar-refractivity contribution in [1.82, 2.24) is 14.6 Å². The second-order valence-corrected chi connectivity index (χ2v) is 11.2. The fourth-order valence-electron chi connectivity index (χ4n) is 3.04. The summed E-state index contributed by atoms with van der Waals surface area (Å²) in [5, 5.41) is 2.45. The average Bonchev–Trinajstić information content (AvgIpc) is 3.24. The molecular weight excluding hydrogens is 467 g/mol. The van der Waals surface area contributed by atoms with Crippen LogP contribution in [0.3, 0.4) is 0 Å². The van der Waals surface area contributed by atoms with Crippen LogP contribution in [-0.2, 0) is 18.6 Å². The number of nitrogens with one attached hydrogen (secondary N) is 1. The largest absolute Gasteiger partial charge is 0.464 e. The van der Waals surface area contributed by atoms with Crippen molar-refractivity contribution in [2.45, 2.75) is 37.3 Å². The monoisotopic (exact) mass is 496 g/mol. The third kappa shape index (κ3) is 7.89. The molecule has 1 aromatic carbocycles. The Balaban J connectivity index is 1.60. The highest BCUT2D eigenvalue weighted by atomic mass is 32.2. The maximum Gasteiger partial charge on any atom is 0.459 e. The second-order valence-electron chi connectivity index (χ2n) is 7.94. The maximum atomic E-state index is 13.4. The molecule has 1 aromatic heterocycles. The zero-order chi connectivity index (χ0) is 23.8. The topological polar surface area (TPSA) is 135 Å². The molecule has 33 heavy (non-hydrogen) atoms. The minimum atomic E-state index is -3.86. The number of hydrogen-bond donors (Lipinski definition) is 2. The molecule has 1 fully saturated rings. The van der Waals surface area contributed by atoms with Gasteiger partial charge in [-0.25, -0.2) is 14.4 Å². The van der Waals surface area contributed by atoms with Crippen LogP contribution in [0.2, 0.25) is 0 Å². The van der Waals surface area contributed by atoms with E-state index in [1.54, 1.807) is 42.6 Å². The van der Waals surface area contributed by atoms with Crippen LogP contribution >= 0.6 is 19.5 Å². The molecule has 180 valence electrons. The molecule has 0 amide bonds. The molecule has 0 bridgehead atoms. The molecule has 0 aliphatic carbocycles. The number of hydrogen-bond acceptors (Lipinski definition) is 9. The molecule has 1 aliphatic rings. The van der Waals surface area contributed by atoms with Gasteiger partial charge in [0.2, 0.25) is 0 Å². The van der Waals surface area contributed by atoms with Crippen LogP contribution in [0.5, 0.6) is 5.75 Å². The fourth-order valence-corrected chi connectivity index (χ4v) is 5.87. The molecule has 0 radical (unpaired) electrons. The van der Waals surface area contributed by atoms with Gasteiger partial charge in [0.25, 0.3) is 0 Å². The number of esters is 1. The van der Waals surface area contributed by atoms with Crippen LogP contribution in [0.1, 0.15) is 32.1 Å². The van der Waals surface area contributed by atoms with E-state index in [9.17, 15) is 14.2 Å². The van der Waals surface area contributed by atoms with E-state index in [-0.39, 0.29) is 42.1 Å². The quantitative estimate of drug-likeness (QED) is 0.353. The molecule has 2 heterocycles. The molecule has 10 nitrogen and oxygen atoms in total. The molecule has 2 aromatic rings. The maximum absolute atomic E-state index is 13.4. The van der Waals surface area contributed by atoms with Gasteiger partial charge in [-0.2, -0.15) is 4.98 Å². The van der Waals surface area contributed by atoms with E-state index in [2.05, 4.69) is 10.1 Å². The van der Waals surface area contributed by atoms with Crippen molar-refractivity contribution < 1.29 is 23.1 Å². The number of aromatic nitrogens is 2. The van der Waals surface area contributed by atoms with Crippen molar-refractivity contribution in [3.05, 3.63) is 53.1 Å². The van der Waals surface area contributed by atoms with Crippen LogP contribution < -0.4 is 21.0 Å². The Morgan fingerprint density at radius 1 is 1.30 bits per heavy atom. The Kier molecular flexibility index (Phi) is 8.96. The van der Waals surface area contributed by atoms with Crippen molar-refractivity contribution in [2.75, 3.05) is 25.5 Å². The van der Waals surface area contributed by atoms with Gasteiger partial charge in [0.05, 0.1) is 18.6 Å². The van der Waals surface area contributed by atoms with Gasteiger partial charge in [-0.3, -0.25) is 13.9 Å². The summed E-state index contributed by atoms with van der Waals surface area (Å²) in [5.41, 5.74) is 5.15. The van der Waals surface area contributed by atoms with E-state index < -0.39 is 19.4 Å². The number of nitrogens with two attached hydrogens (primary N) is 1. The van der Waals surface area contributed by atoms with Gasteiger partial charge in [-0.15, -0.1) is 11.8 Å². The third-order valence-electron chi connectivity index (χ3n) is 4.64. The molecule has 1 unspecified atom stereocenters. The zero-order valence-electron chi connectivity index (χ0n) is 18.6. The van der Waals surface area contributed by atoms with Crippen molar-refractivity contribution in [3.8, 4) is 5.75 Å². The van der Waals surface area contributed by atoms with Gasteiger partial charge in [0.15, 0.2) is 0 Å². The number of para-hydroxylation sites is 1. The molecular formula is C21H29N4O6PS. The van der Waals surface area contributed by atoms with Crippen molar-refractivity contribution >= 4 is 31.3 Å². The first-order chi connectivity index (χ1) is 15.7. The van der Waals surface area contributed by atoms with Crippen LogP contribution in [-0.4, -0.2) is 40.5 Å². The highest BCUT2D eigenvalue weighted by molar-refractivity contribution is 8.00. The Morgan fingerprint density at radius 2 is 2.06 bits per heavy atom. The van der Waals surface area contributed by atoms with Crippen LogP contribution in [0.25, 0.3) is 0 Å². The van der Waals surface area contributed by atoms with Gasteiger partial charge in [0, 0.05) is 11.4 Å². The normalized spacial score (nSPS) is 19.8. The highest BCUT2D eigenvalue weighted by Crippen LogP contribution is 2.47. The predicted octanol–water partition coefficient (Wildman–Crippen LogP) is 3.21. The van der Waals surface area contributed by atoms with E-state index in [1.165, 1.54) is 16.3 Å². The summed E-state index contributed by atoms with van der Waals surface area (Å²) in [6.45, 7) is 3.91. The molecule has 3 N–H and O–H groups in total. The average molecular weight is 497 g/mol. The van der Waals surface area contributed by atoms with Gasteiger partial charge in [-0.1, -0.05) is 32.0 Å². The number of rotatable bonds is 11.